The summed E-state index contributed by atoms with van der Waals surface area (Å²) in [5, 5.41) is 15.4. The number of nitro benzene ring substituents is 1. The van der Waals surface area contributed by atoms with Crippen molar-refractivity contribution in [1.29, 1.82) is 0 Å². The van der Waals surface area contributed by atoms with E-state index in [1.807, 2.05) is 0 Å². The number of nitro groups is 1. The first-order valence-corrected chi connectivity index (χ1v) is 7.88. The first-order chi connectivity index (χ1) is 12.4. The average molecular weight is 398 g/mol. The number of carbonyl (C=O) groups excluding carboxylic acids is 1. The molecule has 26 heavy (non-hydrogen) atoms. The van der Waals surface area contributed by atoms with Gasteiger partial charge in [0, 0.05) is 16.7 Å². The van der Waals surface area contributed by atoms with Gasteiger partial charge in [0.05, 0.1) is 23.3 Å². The van der Waals surface area contributed by atoms with E-state index in [9.17, 15) is 14.9 Å². The number of hydrogen-bond donors (Lipinski definition) is 1. The summed E-state index contributed by atoms with van der Waals surface area (Å²) in [6.45, 7) is -0.318. The molecular weight excluding hydrogens is 385 g/mol. The summed E-state index contributed by atoms with van der Waals surface area (Å²) in [5.41, 5.74) is 2.46. The van der Waals surface area contributed by atoms with E-state index in [4.69, 9.17) is 32.7 Å². The van der Waals surface area contributed by atoms with Crippen molar-refractivity contribution in [2.45, 2.75) is 0 Å². The number of methoxy groups -OCH3 is 1. The van der Waals surface area contributed by atoms with Crippen LogP contribution in [0.15, 0.2) is 41.5 Å². The maximum atomic E-state index is 11.7. The highest BCUT2D eigenvalue weighted by Crippen LogP contribution is 2.28. The Kier molecular flexibility index (Phi) is 6.76. The van der Waals surface area contributed by atoms with Gasteiger partial charge in [0.1, 0.15) is 5.75 Å². The Balaban J connectivity index is 1.92. The van der Waals surface area contributed by atoms with E-state index < -0.39 is 10.8 Å². The predicted molar refractivity (Wildman–Crippen MR) is 97.3 cm³/mol. The average Bonchev–Trinajstić information content (AvgIpc) is 2.60. The fraction of sp³-hybridized carbons (Fsp3) is 0.125. The second-order valence-corrected chi connectivity index (χ2v) is 5.69. The van der Waals surface area contributed by atoms with Crippen LogP contribution in [0.4, 0.5) is 5.69 Å². The molecule has 0 fully saturated rings. The van der Waals surface area contributed by atoms with Gasteiger partial charge in [-0.3, -0.25) is 14.9 Å². The van der Waals surface area contributed by atoms with Crippen LogP contribution in [-0.4, -0.2) is 30.8 Å². The third-order valence-corrected chi connectivity index (χ3v) is 3.59. The lowest BCUT2D eigenvalue weighted by Gasteiger charge is -2.07. The number of carbonyl (C=O) groups is 1. The first kappa shape index (κ1) is 19.5. The van der Waals surface area contributed by atoms with Gasteiger partial charge in [-0.2, -0.15) is 5.10 Å². The van der Waals surface area contributed by atoms with Crippen molar-refractivity contribution < 1.29 is 19.2 Å². The lowest BCUT2D eigenvalue weighted by molar-refractivity contribution is -0.385. The molecule has 0 aliphatic carbocycles. The molecule has 0 atom stereocenters. The number of rotatable bonds is 7. The quantitative estimate of drug-likeness (QED) is 0.437. The Morgan fingerprint density at radius 2 is 2.00 bits per heavy atom. The highest BCUT2D eigenvalue weighted by atomic mass is 35.5. The van der Waals surface area contributed by atoms with Crippen molar-refractivity contribution in [3.63, 3.8) is 0 Å². The van der Waals surface area contributed by atoms with Gasteiger partial charge in [-0.15, -0.1) is 0 Å². The van der Waals surface area contributed by atoms with Gasteiger partial charge in [0.2, 0.25) is 0 Å². The third-order valence-electron chi connectivity index (χ3n) is 3.06. The van der Waals surface area contributed by atoms with Gasteiger partial charge >= 0.3 is 5.69 Å². The van der Waals surface area contributed by atoms with Crippen molar-refractivity contribution in [3.05, 3.63) is 62.1 Å². The van der Waals surface area contributed by atoms with Crippen LogP contribution in [0.25, 0.3) is 0 Å². The molecule has 0 aliphatic heterocycles. The molecule has 0 unspecified atom stereocenters. The largest absolute Gasteiger partial charge is 0.490 e. The Hall–Kier alpha value is -2.84. The number of halogens is 2. The van der Waals surface area contributed by atoms with Crippen LogP contribution in [0.3, 0.4) is 0 Å². The molecule has 0 bridgehead atoms. The summed E-state index contributed by atoms with van der Waals surface area (Å²) in [7, 11) is 1.34. The fourth-order valence-corrected chi connectivity index (χ4v) is 2.34. The molecule has 0 saturated carbocycles. The number of nitrogens with zero attached hydrogens (tertiary/aromatic N) is 2. The van der Waals surface area contributed by atoms with Crippen LogP contribution in [0.1, 0.15) is 5.56 Å². The summed E-state index contributed by atoms with van der Waals surface area (Å²) in [6.07, 6.45) is 1.26. The molecule has 2 rings (SSSR count). The molecule has 136 valence electrons. The second-order valence-electron chi connectivity index (χ2n) is 4.84. The molecule has 0 saturated heterocycles. The number of ether oxygens (including phenoxy) is 2. The highest BCUT2D eigenvalue weighted by Gasteiger charge is 2.14. The molecule has 1 amide bonds. The molecule has 10 heteroatoms. The predicted octanol–water partition coefficient (Wildman–Crippen LogP) is 3.44. The summed E-state index contributed by atoms with van der Waals surface area (Å²) in [4.78, 5) is 22.1. The summed E-state index contributed by atoms with van der Waals surface area (Å²) in [6, 6.07) is 8.88. The topological polar surface area (TPSA) is 103 Å². The van der Waals surface area contributed by atoms with Crippen molar-refractivity contribution in [3.8, 4) is 11.5 Å². The van der Waals surface area contributed by atoms with E-state index in [0.717, 1.165) is 0 Å². The fourth-order valence-electron chi connectivity index (χ4n) is 1.88. The monoisotopic (exact) mass is 397 g/mol. The smallest absolute Gasteiger partial charge is 0.311 e. The zero-order valence-corrected chi connectivity index (χ0v) is 15.0. The van der Waals surface area contributed by atoms with Gasteiger partial charge in [0.25, 0.3) is 5.91 Å². The van der Waals surface area contributed by atoms with Crippen LogP contribution in [-0.2, 0) is 4.79 Å². The molecule has 1 N–H and O–H groups in total. The Bertz CT molecular complexity index is 858. The molecule has 0 aliphatic rings. The van der Waals surface area contributed by atoms with E-state index in [2.05, 4.69) is 10.5 Å². The second kappa shape index (κ2) is 9.02. The number of amides is 1. The standard InChI is InChI=1S/C16H13Cl2N3O5/c1-25-15-4-2-10(6-13(15)21(23)24)8-19-20-16(22)9-26-14-5-3-11(17)7-12(14)18/h2-8H,9H2,1H3,(H,20,22). The van der Waals surface area contributed by atoms with Gasteiger partial charge in [-0.25, -0.2) is 5.43 Å². The SMILES string of the molecule is COc1ccc(C=NNC(=O)COc2ccc(Cl)cc2Cl)cc1[N+](=O)[O-]. The minimum absolute atomic E-state index is 0.129. The summed E-state index contributed by atoms with van der Waals surface area (Å²) >= 11 is 11.7. The van der Waals surface area contributed by atoms with E-state index in [1.165, 1.54) is 37.6 Å². The zero-order valence-electron chi connectivity index (χ0n) is 13.4. The number of benzene rings is 2. The van der Waals surface area contributed by atoms with Crippen LogP contribution < -0.4 is 14.9 Å². The van der Waals surface area contributed by atoms with E-state index in [0.29, 0.717) is 16.3 Å². The summed E-state index contributed by atoms with van der Waals surface area (Å²) in [5.74, 6) is -0.0966. The maximum absolute atomic E-state index is 11.7. The van der Waals surface area contributed by atoms with Gasteiger partial charge in [0.15, 0.2) is 12.4 Å². The Morgan fingerprint density at radius 1 is 1.27 bits per heavy atom. The van der Waals surface area contributed by atoms with Crippen molar-refractivity contribution in [2.75, 3.05) is 13.7 Å². The van der Waals surface area contributed by atoms with Crippen LogP contribution in [0, 0.1) is 10.1 Å². The summed E-state index contributed by atoms with van der Waals surface area (Å²) < 4.78 is 10.2. The molecule has 2 aromatic carbocycles. The maximum Gasteiger partial charge on any atom is 0.311 e. The molecule has 0 aromatic heterocycles. The van der Waals surface area contributed by atoms with Crippen LogP contribution in [0.2, 0.25) is 10.0 Å². The van der Waals surface area contributed by atoms with Crippen molar-refractivity contribution in [2.24, 2.45) is 5.10 Å². The zero-order chi connectivity index (χ0) is 19.1. The number of hydrogen-bond acceptors (Lipinski definition) is 6. The van der Waals surface area contributed by atoms with E-state index in [1.54, 1.807) is 12.1 Å². The third kappa shape index (κ3) is 5.33. The minimum Gasteiger partial charge on any atom is -0.490 e. The normalized spacial score (nSPS) is 10.6. The highest BCUT2D eigenvalue weighted by molar-refractivity contribution is 6.35. The molecule has 2 aromatic rings. The molecular formula is C16H13Cl2N3O5. The number of hydrazone groups is 1. The van der Waals surface area contributed by atoms with Crippen molar-refractivity contribution in [1.82, 2.24) is 5.43 Å². The Morgan fingerprint density at radius 3 is 2.65 bits per heavy atom. The lowest BCUT2D eigenvalue weighted by atomic mass is 10.2. The van der Waals surface area contributed by atoms with Gasteiger partial charge in [-0.05, 0) is 30.3 Å². The van der Waals surface area contributed by atoms with E-state index >= 15 is 0 Å². The van der Waals surface area contributed by atoms with Crippen LogP contribution in [0.5, 0.6) is 11.5 Å². The molecule has 0 spiro atoms. The molecule has 0 heterocycles. The van der Waals surface area contributed by atoms with E-state index in [-0.39, 0.29) is 23.1 Å². The minimum atomic E-state index is -0.571. The van der Waals surface area contributed by atoms with Crippen LogP contribution >= 0.6 is 23.2 Å². The first-order valence-electron chi connectivity index (χ1n) is 7.13. The van der Waals surface area contributed by atoms with Crippen molar-refractivity contribution >= 4 is 41.0 Å². The molecule has 0 radical (unpaired) electrons. The van der Waals surface area contributed by atoms with Gasteiger partial charge < -0.3 is 9.47 Å². The Labute approximate surface area is 158 Å². The molecule has 8 nitrogen and oxygen atoms in total. The number of nitrogens with one attached hydrogen (secondary N) is 1. The lowest BCUT2D eigenvalue weighted by Crippen LogP contribution is -2.24. The van der Waals surface area contributed by atoms with Gasteiger partial charge in [-0.1, -0.05) is 23.2 Å².